The molecule has 2 N–H and O–H groups in total. The van der Waals surface area contributed by atoms with Crippen molar-refractivity contribution in [3.05, 3.63) is 71.8 Å². The maximum atomic E-state index is 14.6. The summed E-state index contributed by atoms with van der Waals surface area (Å²) in [5.41, 5.74) is 0.171. The van der Waals surface area contributed by atoms with Gasteiger partial charge in [0.05, 0.1) is 0 Å². The van der Waals surface area contributed by atoms with Gasteiger partial charge in [0, 0.05) is 18.0 Å². The summed E-state index contributed by atoms with van der Waals surface area (Å²) in [6.45, 7) is 15.3. The van der Waals surface area contributed by atoms with Crippen LogP contribution in [0.4, 0.5) is 4.79 Å². The first-order valence-corrected chi connectivity index (χ1v) is 14.0. The predicted molar refractivity (Wildman–Crippen MR) is 156 cm³/mol. The maximum absolute atomic E-state index is 14.6. The Morgan fingerprint density at radius 2 is 1.44 bits per heavy atom. The van der Waals surface area contributed by atoms with E-state index in [1.54, 1.807) is 25.7 Å². The standard InChI is InChI=1S/C32H47N3O4/c1-9-17-23(3)33-28(36)27(25-20-15-12-16-21-25)35(32(7,8)10-2)29(37)26(22-24-18-13-11-14-19-24)34-30(38)39-31(4,5)6/h11-16,18-21,23,26-27H,9-10,17,22H2,1-8H3,(H,33,36)(H,34,38). The van der Waals surface area contributed by atoms with Gasteiger partial charge in [-0.2, -0.15) is 0 Å². The predicted octanol–water partition coefficient (Wildman–Crippen LogP) is 6.19. The van der Waals surface area contributed by atoms with Crippen LogP contribution in [0.3, 0.4) is 0 Å². The van der Waals surface area contributed by atoms with Gasteiger partial charge in [0.2, 0.25) is 11.8 Å². The number of carbonyl (C=O) groups excluding carboxylic acids is 3. The Kier molecular flexibility index (Phi) is 11.6. The summed E-state index contributed by atoms with van der Waals surface area (Å²) in [6.07, 6.45) is 1.94. The Balaban J connectivity index is 2.60. The van der Waals surface area contributed by atoms with Crippen molar-refractivity contribution in [2.24, 2.45) is 0 Å². The number of amides is 3. The van der Waals surface area contributed by atoms with Crippen LogP contribution < -0.4 is 10.6 Å². The van der Waals surface area contributed by atoms with Crippen LogP contribution in [0, 0.1) is 0 Å². The van der Waals surface area contributed by atoms with Gasteiger partial charge >= 0.3 is 6.09 Å². The van der Waals surface area contributed by atoms with Gasteiger partial charge in [-0.3, -0.25) is 9.59 Å². The second kappa shape index (κ2) is 14.2. The second-order valence-electron chi connectivity index (χ2n) is 11.8. The van der Waals surface area contributed by atoms with Gasteiger partial charge in [0.15, 0.2) is 0 Å². The van der Waals surface area contributed by atoms with E-state index in [4.69, 9.17) is 4.74 Å². The minimum absolute atomic E-state index is 0.0459. The van der Waals surface area contributed by atoms with E-state index in [1.165, 1.54) is 0 Å². The largest absolute Gasteiger partial charge is 0.444 e. The number of carbonyl (C=O) groups is 3. The Hall–Kier alpha value is -3.35. The van der Waals surface area contributed by atoms with Crippen molar-refractivity contribution in [3.8, 4) is 0 Å². The highest BCUT2D eigenvalue weighted by Crippen LogP contribution is 2.32. The van der Waals surface area contributed by atoms with Crippen molar-refractivity contribution < 1.29 is 19.1 Å². The second-order valence-corrected chi connectivity index (χ2v) is 11.8. The van der Waals surface area contributed by atoms with Crippen LogP contribution in [0.25, 0.3) is 0 Å². The highest BCUT2D eigenvalue weighted by atomic mass is 16.6. The molecule has 0 saturated carbocycles. The third-order valence-electron chi connectivity index (χ3n) is 6.76. The van der Waals surface area contributed by atoms with Gasteiger partial charge < -0.3 is 20.3 Å². The molecule has 0 saturated heterocycles. The molecule has 3 amide bonds. The van der Waals surface area contributed by atoms with Crippen LogP contribution in [0.1, 0.15) is 91.8 Å². The first-order chi connectivity index (χ1) is 18.3. The lowest BCUT2D eigenvalue weighted by atomic mass is 9.91. The zero-order chi connectivity index (χ0) is 29.2. The van der Waals surface area contributed by atoms with Crippen LogP contribution in [-0.2, 0) is 20.7 Å². The van der Waals surface area contributed by atoms with E-state index < -0.39 is 29.3 Å². The van der Waals surface area contributed by atoms with E-state index >= 15 is 0 Å². The summed E-state index contributed by atoms with van der Waals surface area (Å²) < 4.78 is 5.52. The fourth-order valence-corrected chi connectivity index (χ4v) is 4.49. The van der Waals surface area contributed by atoms with Crippen LogP contribution in [0.15, 0.2) is 60.7 Å². The zero-order valence-corrected chi connectivity index (χ0v) is 24.9. The van der Waals surface area contributed by atoms with E-state index in [-0.39, 0.29) is 24.3 Å². The molecule has 0 fully saturated rings. The molecular weight excluding hydrogens is 490 g/mol. The topological polar surface area (TPSA) is 87.7 Å². The van der Waals surface area contributed by atoms with Gasteiger partial charge in [0.25, 0.3) is 0 Å². The van der Waals surface area contributed by atoms with Crippen molar-refractivity contribution in [1.29, 1.82) is 0 Å². The summed E-state index contributed by atoms with van der Waals surface area (Å²) >= 11 is 0. The molecular formula is C32H47N3O4. The summed E-state index contributed by atoms with van der Waals surface area (Å²) in [6, 6.07) is 17.0. The highest BCUT2D eigenvalue weighted by molar-refractivity contribution is 5.93. The summed E-state index contributed by atoms with van der Waals surface area (Å²) in [5.74, 6) is -0.587. The minimum atomic E-state index is -0.944. The number of nitrogens with one attached hydrogen (secondary N) is 2. The average molecular weight is 538 g/mol. The number of benzene rings is 2. The van der Waals surface area contributed by atoms with Crippen molar-refractivity contribution in [2.75, 3.05) is 0 Å². The Bertz CT molecular complexity index is 1060. The SMILES string of the molecule is CCCC(C)NC(=O)C(c1ccccc1)N(C(=O)C(Cc1ccccc1)NC(=O)OC(C)(C)C)C(C)(C)CC. The molecule has 3 unspecified atom stereocenters. The third-order valence-corrected chi connectivity index (χ3v) is 6.76. The van der Waals surface area contributed by atoms with Gasteiger partial charge in [-0.05, 0) is 65.5 Å². The lowest BCUT2D eigenvalue weighted by Gasteiger charge is -2.45. The first kappa shape index (κ1) is 31.9. The first-order valence-electron chi connectivity index (χ1n) is 14.0. The Morgan fingerprint density at radius 3 is 1.95 bits per heavy atom. The molecule has 214 valence electrons. The van der Waals surface area contributed by atoms with Gasteiger partial charge in [-0.1, -0.05) is 80.9 Å². The number of nitrogens with zero attached hydrogens (tertiary/aromatic N) is 1. The van der Waals surface area contributed by atoms with Crippen molar-refractivity contribution >= 4 is 17.9 Å². The summed E-state index contributed by atoms with van der Waals surface area (Å²) in [7, 11) is 0. The molecule has 0 radical (unpaired) electrons. The minimum Gasteiger partial charge on any atom is -0.444 e. The lowest BCUT2D eigenvalue weighted by Crippen LogP contribution is -2.60. The van der Waals surface area contributed by atoms with Crippen molar-refractivity contribution in [1.82, 2.24) is 15.5 Å². The highest BCUT2D eigenvalue weighted by Gasteiger charge is 2.43. The molecule has 2 aromatic carbocycles. The monoisotopic (exact) mass is 537 g/mol. The summed E-state index contributed by atoms with van der Waals surface area (Å²) in [5, 5.41) is 5.95. The molecule has 0 aromatic heterocycles. The normalized spacial score (nSPS) is 14.1. The van der Waals surface area contributed by atoms with E-state index in [0.717, 1.165) is 18.4 Å². The van der Waals surface area contributed by atoms with Gasteiger partial charge in [0.1, 0.15) is 17.7 Å². The molecule has 0 aliphatic rings. The maximum Gasteiger partial charge on any atom is 0.408 e. The molecule has 0 heterocycles. The van der Waals surface area contributed by atoms with Crippen molar-refractivity contribution in [3.63, 3.8) is 0 Å². The van der Waals surface area contributed by atoms with Crippen LogP contribution in [-0.4, -0.2) is 46.0 Å². The number of alkyl carbamates (subject to hydrolysis) is 1. The Morgan fingerprint density at radius 1 is 0.872 bits per heavy atom. The Labute approximate surface area is 234 Å². The molecule has 0 spiro atoms. The molecule has 7 heteroatoms. The fourth-order valence-electron chi connectivity index (χ4n) is 4.49. The quantitative estimate of drug-likeness (QED) is 0.338. The smallest absolute Gasteiger partial charge is 0.408 e. The molecule has 2 aromatic rings. The fraction of sp³-hybridized carbons (Fsp3) is 0.531. The number of hydrogen-bond donors (Lipinski definition) is 2. The van der Waals surface area contributed by atoms with Crippen molar-refractivity contribution in [2.45, 2.75) is 110 Å². The number of hydrogen-bond acceptors (Lipinski definition) is 4. The van der Waals surface area contributed by atoms with Crippen LogP contribution in [0.5, 0.6) is 0 Å². The van der Waals surface area contributed by atoms with E-state index in [0.29, 0.717) is 12.0 Å². The molecule has 0 bridgehead atoms. The van der Waals surface area contributed by atoms with Gasteiger partial charge in [-0.15, -0.1) is 0 Å². The summed E-state index contributed by atoms with van der Waals surface area (Å²) in [4.78, 5) is 43.0. The number of rotatable bonds is 12. The van der Waals surface area contributed by atoms with E-state index in [2.05, 4.69) is 17.6 Å². The van der Waals surface area contributed by atoms with Gasteiger partial charge in [-0.25, -0.2) is 4.79 Å². The number of ether oxygens (including phenoxy) is 1. The molecule has 3 atom stereocenters. The molecule has 0 aliphatic heterocycles. The molecule has 2 rings (SSSR count). The molecule has 7 nitrogen and oxygen atoms in total. The van der Waals surface area contributed by atoms with E-state index in [1.807, 2.05) is 88.4 Å². The molecule has 39 heavy (non-hydrogen) atoms. The third kappa shape index (κ3) is 9.72. The zero-order valence-electron chi connectivity index (χ0n) is 24.9. The van der Waals surface area contributed by atoms with Crippen LogP contribution in [0.2, 0.25) is 0 Å². The lowest BCUT2D eigenvalue weighted by molar-refractivity contribution is -0.149. The average Bonchev–Trinajstić information content (AvgIpc) is 2.86. The molecule has 0 aliphatic carbocycles. The van der Waals surface area contributed by atoms with E-state index in [9.17, 15) is 14.4 Å². The van der Waals surface area contributed by atoms with Crippen LogP contribution >= 0.6 is 0 Å².